The molecule has 2 atom stereocenters. The Morgan fingerprint density at radius 2 is 1.86 bits per heavy atom. The van der Waals surface area contributed by atoms with E-state index in [1.807, 2.05) is 26.0 Å². The van der Waals surface area contributed by atoms with E-state index in [2.05, 4.69) is 10.0 Å². The molecule has 28 heavy (non-hydrogen) atoms. The smallest absolute Gasteiger partial charge is 0.261 e. The van der Waals surface area contributed by atoms with E-state index in [0.717, 1.165) is 18.4 Å². The first-order chi connectivity index (χ1) is 13.3. The summed E-state index contributed by atoms with van der Waals surface area (Å²) < 4.78 is 33.6. The molecule has 2 aromatic rings. The van der Waals surface area contributed by atoms with Crippen molar-refractivity contribution >= 4 is 21.6 Å². The average molecular weight is 403 g/mol. The first kappa shape index (κ1) is 20.4. The Bertz CT molecular complexity index is 949. The number of ether oxygens (including phenoxy) is 1. The molecule has 0 aliphatic carbocycles. The highest BCUT2D eigenvalue weighted by Gasteiger charge is 2.25. The minimum absolute atomic E-state index is 0.000578. The normalized spacial score (nSPS) is 17.9. The van der Waals surface area contributed by atoms with E-state index in [-0.39, 0.29) is 22.9 Å². The molecular formula is C21H26N2O4S. The largest absolute Gasteiger partial charge is 0.376 e. The molecule has 1 heterocycles. The molecule has 2 N–H and O–H groups in total. The van der Waals surface area contributed by atoms with Gasteiger partial charge in [-0.25, -0.2) is 8.42 Å². The number of sulfonamides is 1. The van der Waals surface area contributed by atoms with Crippen molar-refractivity contribution in [3.63, 3.8) is 0 Å². The van der Waals surface area contributed by atoms with E-state index < -0.39 is 10.0 Å². The van der Waals surface area contributed by atoms with E-state index >= 15 is 0 Å². The van der Waals surface area contributed by atoms with Crippen molar-refractivity contribution in [2.24, 2.45) is 0 Å². The van der Waals surface area contributed by atoms with Gasteiger partial charge in [-0.3, -0.25) is 9.52 Å². The summed E-state index contributed by atoms with van der Waals surface area (Å²) in [7, 11) is -3.80. The first-order valence-corrected chi connectivity index (χ1v) is 10.9. The van der Waals surface area contributed by atoms with Gasteiger partial charge >= 0.3 is 0 Å². The third-order valence-electron chi connectivity index (χ3n) is 4.95. The van der Waals surface area contributed by atoms with Crippen LogP contribution in [0.1, 0.15) is 41.3 Å². The highest BCUT2D eigenvalue weighted by Crippen LogP contribution is 2.21. The summed E-state index contributed by atoms with van der Waals surface area (Å²) >= 11 is 0. The standard InChI is InChI=1S/C21H26N2O4S/c1-14-6-9-17(10-7-14)23-28(25,26)18-11-8-15(2)19(13-18)21(24)22-16(3)20-5-4-12-27-20/h6-11,13,16,20,23H,4-5,12H2,1-3H3,(H,22,24)/t16-,20-/m0/s1. The van der Waals surface area contributed by atoms with Gasteiger partial charge < -0.3 is 10.1 Å². The maximum absolute atomic E-state index is 12.7. The molecule has 0 radical (unpaired) electrons. The monoisotopic (exact) mass is 402 g/mol. The maximum atomic E-state index is 12.7. The van der Waals surface area contributed by atoms with Crippen molar-refractivity contribution in [2.45, 2.75) is 50.7 Å². The summed E-state index contributed by atoms with van der Waals surface area (Å²) in [6, 6.07) is 11.5. The molecule has 0 unspecified atom stereocenters. The van der Waals surface area contributed by atoms with Gasteiger partial charge in [0.2, 0.25) is 0 Å². The lowest BCUT2D eigenvalue weighted by Crippen LogP contribution is -2.41. The van der Waals surface area contributed by atoms with Gasteiger partial charge in [-0.2, -0.15) is 0 Å². The van der Waals surface area contributed by atoms with E-state index in [4.69, 9.17) is 4.74 Å². The molecule has 0 saturated carbocycles. The van der Waals surface area contributed by atoms with Crippen molar-refractivity contribution in [2.75, 3.05) is 11.3 Å². The molecule has 1 saturated heterocycles. The van der Waals surface area contributed by atoms with E-state index in [1.54, 1.807) is 25.1 Å². The van der Waals surface area contributed by atoms with Crippen molar-refractivity contribution in [1.82, 2.24) is 5.32 Å². The number of nitrogens with one attached hydrogen (secondary N) is 2. The number of benzene rings is 2. The second-order valence-corrected chi connectivity index (χ2v) is 8.94. The number of carbonyl (C=O) groups excluding carboxylic acids is 1. The Hall–Kier alpha value is -2.38. The van der Waals surface area contributed by atoms with Gasteiger partial charge in [-0.05, 0) is 63.4 Å². The lowest BCUT2D eigenvalue weighted by molar-refractivity contribution is 0.0712. The van der Waals surface area contributed by atoms with Crippen LogP contribution >= 0.6 is 0 Å². The maximum Gasteiger partial charge on any atom is 0.261 e. The summed E-state index contributed by atoms with van der Waals surface area (Å²) in [5, 5.41) is 2.93. The van der Waals surface area contributed by atoms with Crippen LogP contribution in [-0.4, -0.2) is 33.1 Å². The summed E-state index contributed by atoms with van der Waals surface area (Å²) in [5.74, 6) is -0.298. The van der Waals surface area contributed by atoms with Crippen molar-refractivity contribution in [3.05, 3.63) is 59.2 Å². The Balaban J connectivity index is 1.79. The van der Waals surface area contributed by atoms with Crippen LogP contribution < -0.4 is 10.0 Å². The van der Waals surface area contributed by atoms with Gasteiger partial charge in [-0.15, -0.1) is 0 Å². The zero-order valence-electron chi connectivity index (χ0n) is 16.4. The fourth-order valence-electron chi connectivity index (χ4n) is 3.22. The number of hydrogen-bond acceptors (Lipinski definition) is 4. The molecule has 1 aliphatic rings. The Labute approximate surface area is 166 Å². The van der Waals surface area contributed by atoms with Crippen LogP contribution in [-0.2, 0) is 14.8 Å². The molecule has 2 aromatic carbocycles. The minimum Gasteiger partial charge on any atom is -0.376 e. The zero-order valence-corrected chi connectivity index (χ0v) is 17.2. The summed E-state index contributed by atoms with van der Waals surface area (Å²) in [5.41, 5.74) is 2.57. The highest BCUT2D eigenvalue weighted by molar-refractivity contribution is 7.92. The number of hydrogen-bond donors (Lipinski definition) is 2. The van der Waals surface area contributed by atoms with Crippen LogP contribution in [0.25, 0.3) is 0 Å². The van der Waals surface area contributed by atoms with Gasteiger partial charge in [0, 0.05) is 17.9 Å². The van der Waals surface area contributed by atoms with E-state index in [0.29, 0.717) is 23.4 Å². The molecule has 0 bridgehead atoms. The van der Waals surface area contributed by atoms with Gasteiger partial charge in [-0.1, -0.05) is 23.8 Å². The Morgan fingerprint density at radius 1 is 1.14 bits per heavy atom. The third-order valence-corrected chi connectivity index (χ3v) is 6.33. The van der Waals surface area contributed by atoms with E-state index in [9.17, 15) is 13.2 Å². The number of carbonyl (C=O) groups is 1. The summed E-state index contributed by atoms with van der Waals surface area (Å²) in [4.78, 5) is 12.8. The molecule has 0 aromatic heterocycles. The molecule has 1 fully saturated rings. The van der Waals surface area contributed by atoms with Crippen molar-refractivity contribution in [3.8, 4) is 0 Å². The fourth-order valence-corrected chi connectivity index (χ4v) is 4.31. The van der Waals surface area contributed by atoms with Crippen molar-refractivity contribution < 1.29 is 17.9 Å². The summed E-state index contributed by atoms with van der Waals surface area (Å²) in [6.45, 7) is 6.33. The van der Waals surface area contributed by atoms with Gasteiger partial charge in [0.1, 0.15) is 0 Å². The molecule has 1 aliphatic heterocycles. The van der Waals surface area contributed by atoms with E-state index in [1.165, 1.54) is 12.1 Å². The topological polar surface area (TPSA) is 84.5 Å². The Kier molecular flexibility index (Phi) is 6.05. The second-order valence-electron chi connectivity index (χ2n) is 7.26. The minimum atomic E-state index is -3.80. The van der Waals surface area contributed by atoms with Crippen LogP contribution in [0.4, 0.5) is 5.69 Å². The molecule has 7 heteroatoms. The van der Waals surface area contributed by atoms with Crippen LogP contribution in [0.5, 0.6) is 0 Å². The molecule has 6 nitrogen and oxygen atoms in total. The van der Waals surface area contributed by atoms with Crippen LogP contribution in [0.15, 0.2) is 47.4 Å². The van der Waals surface area contributed by atoms with Crippen LogP contribution in [0, 0.1) is 13.8 Å². The first-order valence-electron chi connectivity index (χ1n) is 9.39. The quantitative estimate of drug-likeness (QED) is 0.776. The zero-order chi connectivity index (χ0) is 20.3. The molecule has 1 amide bonds. The highest BCUT2D eigenvalue weighted by atomic mass is 32.2. The molecule has 3 rings (SSSR count). The lowest BCUT2D eigenvalue weighted by atomic mass is 10.1. The number of aryl methyl sites for hydroxylation is 2. The Morgan fingerprint density at radius 3 is 2.50 bits per heavy atom. The molecule has 0 spiro atoms. The summed E-state index contributed by atoms with van der Waals surface area (Å²) in [6.07, 6.45) is 1.90. The number of amides is 1. The van der Waals surface area contributed by atoms with Gasteiger partial charge in [0.15, 0.2) is 0 Å². The van der Waals surface area contributed by atoms with Gasteiger partial charge in [0.25, 0.3) is 15.9 Å². The fraction of sp³-hybridized carbons (Fsp3) is 0.381. The number of rotatable bonds is 6. The SMILES string of the molecule is Cc1ccc(NS(=O)(=O)c2ccc(C)c(C(=O)N[C@@H](C)[C@@H]3CCCO3)c2)cc1. The van der Waals surface area contributed by atoms with Crippen LogP contribution in [0.2, 0.25) is 0 Å². The molecule has 150 valence electrons. The predicted octanol–water partition coefficient (Wildman–Crippen LogP) is 3.40. The molecular weight excluding hydrogens is 376 g/mol. The van der Waals surface area contributed by atoms with Gasteiger partial charge in [0.05, 0.1) is 17.0 Å². The predicted molar refractivity (Wildman–Crippen MR) is 109 cm³/mol. The lowest BCUT2D eigenvalue weighted by Gasteiger charge is -2.20. The number of anilines is 1. The van der Waals surface area contributed by atoms with Crippen LogP contribution in [0.3, 0.4) is 0 Å². The average Bonchev–Trinajstić information content (AvgIpc) is 3.18. The second kappa shape index (κ2) is 8.32. The third kappa shape index (κ3) is 4.72. The van der Waals surface area contributed by atoms with Crippen molar-refractivity contribution in [1.29, 1.82) is 0 Å².